The first-order chi connectivity index (χ1) is 7.72. The van der Waals surface area contributed by atoms with E-state index in [0.717, 1.165) is 10.3 Å². The van der Waals surface area contributed by atoms with Crippen LogP contribution in [0.5, 0.6) is 0 Å². The van der Waals surface area contributed by atoms with Gasteiger partial charge >= 0.3 is 6.55 Å². The fourth-order valence-corrected chi connectivity index (χ4v) is 1.59. The first kappa shape index (κ1) is 10.8. The molecule has 2 heterocycles. The van der Waals surface area contributed by atoms with Crippen molar-refractivity contribution in [3.8, 4) is 0 Å². The Hall–Kier alpha value is -1.69. The van der Waals surface area contributed by atoms with Crippen molar-refractivity contribution in [3.05, 3.63) is 42.2 Å². The van der Waals surface area contributed by atoms with E-state index in [4.69, 9.17) is 5.73 Å². The summed E-state index contributed by atoms with van der Waals surface area (Å²) in [6.45, 7) is -1.88. The second-order valence-corrected chi connectivity index (χ2v) is 3.36. The van der Waals surface area contributed by atoms with Crippen LogP contribution < -0.4 is 5.73 Å². The number of imidazole rings is 1. The molecular weight excluding hydrogens is 214 g/mol. The zero-order valence-corrected chi connectivity index (χ0v) is 8.55. The minimum atomic E-state index is -2.56. The molecule has 4 nitrogen and oxygen atoms in total. The molecule has 0 aliphatic rings. The molecule has 0 aromatic carbocycles. The first-order valence-corrected chi connectivity index (χ1v) is 4.86. The number of halogens is 2. The molecule has 2 aromatic rings. The third kappa shape index (κ3) is 1.96. The number of rotatable bonds is 4. The van der Waals surface area contributed by atoms with Gasteiger partial charge in [-0.3, -0.25) is 4.57 Å². The van der Waals surface area contributed by atoms with Gasteiger partial charge in [-0.15, -0.1) is 0 Å². The van der Waals surface area contributed by atoms with E-state index in [1.807, 2.05) is 12.1 Å². The van der Waals surface area contributed by atoms with Crippen LogP contribution in [0.1, 0.15) is 18.1 Å². The van der Waals surface area contributed by atoms with Gasteiger partial charge in [0.05, 0.1) is 6.54 Å². The highest BCUT2D eigenvalue weighted by Crippen LogP contribution is 2.14. The molecule has 0 saturated heterocycles. The largest absolute Gasteiger partial charge is 0.343 e. The summed E-state index contributed by atoms with van der Waals surface area (Å²) >= 11 is 0. The lowest BCUT2D eigenvalue weighted by molar-refractivity contribution is 0.0667. The first-order valence-electron chi connectivity index (χ1n) is 4.86. The molecule has 16 heavy (non-hydrogen) atoms. The van der Waals surface area contributed by atoms with Gasteiger partial charge in [0.1, 0.15) is 5.82 Å². The zero-order valence-electron chi connectivity index (χ0n) is 8.55. The summed E-state index contributed by atoms with van der Waals surface area (Å²) in [5.41, 5.74) is 6.42. The van der Waals surface area contributed by atoms with Gasteiger partial charge in [0.25, 0.3) is 0 Å². The minimum absolute atomic E-state index is 0.302. The van der Waals surface area contributed by atoms with Crippen molar-refractivity contribution in [2.24, 2.45) is 5.73 Å². The predicted molar refractivity (Wildman–Crippen MR) is 54.9 cm³/mol. The molecule has 0 bridgehead atoms. The van der Waals surface area contributed by atoms with Crippen LogP contribution in [0.2, 0.25) is 0 Å². The second kappa shape index (κ2) is 4.44. The summed E-state index contributed by atoms with van der Waals surface area (Å²) in [7, 11) is 0. The molecule has 0 atom stereocenters. The van der Waals surface area contributed by atoms with Crippen LogP contribution in [0.4, 0.5) is 8.78 Å². The van der Waals surface area contributed by atoms with Gasteiger partial charge in [-0.2, -0.15) is 8.78 Å². The molecule has 6 heteroatoms. The lowest BCUT2D eigenvalue weighted by Crippen LogP contribution is -2.12. The highest BCUT2D eigenvalue weighted by Gasteiger charge is 2.12. The van der Waals surface area contributed by atoms with Gasteiger partial charge in [0.2, 0.25) is 0 Å². The normalized spacial score (nSPS) is 11.2. The molecule has 0 amide bonds. The van der Waals surface area contributed by atoms with Crippen LogP contribution >= 0.6 is 0 Å². The molecule has 0 unspecified atom stereocenters. The highest BCUT2D eigenvalue weighted by molar-refractivity contribution is 5.09. The van der Waals surface area contributed by atoms with Gasteiger partial charge in [-0.25, -0.2) is 4.98 Å². The van der Waals surface area contributed by atoms with Gasteiger partial charge in [0, 0.05) is 30.8 Å². The molecule has 2 aromatic heterocycles. The standard InChI is InChI=1S/C10H12F2N4/c11-10(12)16-5-3-14-9(16)7-15-4-1-2-8(15)6-13/h1-5,10H,6-7,13H2. The fraction of sp³-hybridized carbons (Fsp3) is 0.300. The molecule has 0 spiro atoms. The SMILES string of the molecule is NCc1cccn1Cc1nccn1C(F)F. The Labute approximate surface area is 91.3 Å². The summed E-state index contributed by atoms with van der Waals surface area (Å²) in [5.74, 6) is 0.320. The van der Waals surface area contributed by atoms with E-state index in [-0.39, 0.29) is 0 Å². The van der Waals surface area contributed by atoms with Gasteiger partial charge in [0.15, 0.2) is 0 Å². The van der Waals surface area contributed by atoms with Gasteiger partial charge in [-0.05, 0) is 12.1 Å². The maximum absolute atomic E-state index is 12.6. The van der Waals surface area contributed by atoms with E-state index in [9.17, 15) is 8.78 Å². The number of alkyl halides is 2. The molecule has 0 aliphatic heterocycles. The summed E-state index contributed by atoms with van der Waals surface area (Å²) in [4.78, 5) is 3.91. The number of aromatic nitrogens is 3. The molecule has 0 radical (unpaired) electrons. The quantitative estimate of drug-likeness (QED) is 0.860. The average molecular weight is 226 g/mol. The summed E-state index contributed by atoms with van der Waals surface area (Å²) in [6, 6.07) is 3.69. The van der Waals surface area contributed by atoms with E-state index >= 15 is 0 Å². The lowest BCUT2D eigenvalue weighted by Gasteiger charge is -2.09. The fourth-order valence-electron chi connectivity index (χ4n) is 1.59. The molecule has 2 rings (SSSR count). The maximum atomic E-state index is 12.6. The summed E-state index contributed by atoms with van der Waals surface area (Å²) in [6.07, 6.45) is 4.44. The van der Waals surface area contributed by atoms with E-state index < -0.39 is 6.55 Å². The smallest absolute Gasteiger partial charge is 0.319 e. The van der Waals surface area contributed by atoms with E-state index in [0.29, 0.717) is 18.9 Å². The highest BCUT2D eigenvalue weighted by atomic mass is 19.3. The van der Waals surface area contributed by atoms with Crippen molar-refractivity contribution in [3.63, 3.8) is 0 Å². The van der Waals surface area contributed by atoms with E-state index in [2.05, 4.69) is 4.98 Å². The van der Waals surface area contributed by atoms with Crippen LogP contribution in [-0.4, -0.2) is 14.1 Å². The Morgan fingerprint density at radius 1 is 1.38 bits per heavy atom. The Kier molecular flexibility index (Phi) is 3.00. The van der Waals surface area contributed by atoms with Crippen molar-refractivity contribution < 1.29 is 8.78 Å². The Morgan fingerprint density at radius 2 is 2.19 bits per heavy atom. The van der Waals surface area contributed by atoms with Crippen LogP contribution in [0.25, 0.3) is 0 Å². The Bertz CT molecular complexity index is 461. The lowest BCUT2D eigenvalue weighted by atomic mass is 10.4. The number of hydrogen-bond donors (Lipinski definition) is 1. The molecule has 0 fully saturated rings. The van der Waals surface area contributed by atoms with E-state index in [1.165, 1.54) is 12.4 Å². The van der Waals surface area contributed by atoms with Crippen LogP contribution in [-0.2, 0) is 13.1 Å². The number of nitrogens with zero attached hydrogens (tertiary/aromatic N) is 3. The zero-order chi connectivity index (χ0) is 11.5. The monoisotopic (exact) mass is 226 g/mol. The van der Waals surface area contributed by atoms with Crippen LogP contribution in [0, 0.1) is 0 Å². The van der Waals surface area contributed by atoms with Gasteiger partial charge < -0.3 is 10.3 Å². The van der Waals surface area contributed by atoms with Gasteiger partial charge in [-0.1, -0.05) is 0 Å². The molecule has 86 valence electrons. The number of nitrogens with two attached hydrogens (primary N) is 1. The minimum Gasteiger partial charge on any atom is -0.343 e. The second-order valence-electron chi connectivity index (χ2n) is 3.36. The third-order valence-corrected chi connectivity index (χ3v) is 2.40. The molecule has 0 aliphatic carbocycles. The molecule has 2 N–H and O–H groups in total. The maximum Gasteiger partial charge on any atom is 0.319 e. The molecular formula is C10H12F2N4. The number of hydrogen-bond acceptors (Lipinski definition) is 2. The summed E-state index contributed by atoms with van der Waals surface area (Å²) < 4.78 is 27.8. The van der Waals surface area contributed by atoms with Crippen molar-refractivity contribution in [2.75, 3.05) is 0 Å². The van der Waals surface area contributed by atoms with Crippen LogP contribution in [0.15, 0.2) is 30.7 Å². The van der Waals surface area contributed by atoms with Crippen molar-refractivity contribution in [2.45, 2.75) is 19.6 Å². The molecule has 0 saturated carbocycles. The Morgan fingerprint density at radius 3 is 2.88 bits per heavy atom. The van der Waals surface area contributed by atoms with Crippen molar-refractivity contribution >= 4 is 0 Å². The predicted octanol–water partition coefficient (Wildman–Crippen LogP) is 1.59. The average Bonchev–Trinajstić information content (AvgIpc) is 2.86. The third-order valence-electron chi connectivity index (χ3n) is 2.40. The Balaban J connectivity index is 2.23. The summed E-state index contributed by atoms with van der Waals surface area (Å²) in [5, 5.41) is 0. The van der Waals surface area contributed by atoms with E-state index in [1.54, 1.807) is 10.8 Å². The van der Waals surface area contributed by atoms with Crippen molar-refractivity contribution in [1.29, 1.82) is 0 Å². The van der Waals surface area contributed by atoms with Crippen LogP contribution in [0.3, 0.4) is 0 Å². The topological polar surface area (TPSA) is 48.8 Å². The van der Waals surface area contributed by atoms with Crippen molar-refractivity contribution in [1.82, 2.24) is 14.1 Å².